The van der Waals surface area contributed by atoms with E-state index < -0.39 is 0 Å². The topological polar surface area (TPSA) is 9.23 Å². The molecule has 0 heterocycles. The van der Waals surface area contributed by atoms with Gasteiger partial charge >= 0.3 is 0 Å². The minimum atomic E-state index is 0.366. The molecule has 0 saturated heterocycles. The summed E-state index contributed by atoms with van der Waals surface area (Å²) < 4.78 is 5.72. The summed E-state index contributed by atoms with van der Waals surface area (Å²) in [6, 6.07) is 0. The van der Waals surface area contributed by atoms with E-state index >= 15 is 0 Å². The fourth-order valence-corrected chi connectivity index (χ4v) is 2.45. The molecule has 1 nitrogen and oxygen atoms in total. The molecule has 17 heavy (non-hydrogen) atoms. The maximum Gasteiger partial charge on any atom is 0.0636 e. The van der Waals surface area contributed by atoms with E-state index in [1.54, 1.807) is 0 Å². The number of methoxy groups -OCH3 is 1. The van der Waals surface area contributed by atoms with Crippen LogP contribution < -0.4 is 0 Å². The van der Waals surface area contributed by atoms with Gasteiger partial charge in [-0.2, -0.15) is 0 Å². The van der Waals surface area contributed by atoms with Gasteiger partial charge < -0.3 is 4.74 Å². The first-order chi connectivity index (χ1) is 7.97. The minimum absolute atomic E-state index is 0.366. The third-order valence-corrected chi connectivity index (χ3v) is 4.17. The zero-order valence-corrected chi connectivity index (χ0v) is 12.9. The van der Waals surface area contributed by atoms with E-state index in [-0.39, 0.29) is 0 Å². The van der Waals surface area contributed by atoms with Crippen molar-refractivity contribution in [3.05, 3.63) is 11.6 Å². The van der Waals surface area contributed by atoms with Gasteiger partial charge in [-0.3, -0.25) is 0 Å². The predicted molar refractivity (Wildman–Crippen MR) is 77.2 cm³/mol. The lowest BCUT2D eigenvalue weighted by Crippen LogP contribution is -2.26. The van der Waals surface area contributed by atoms with Crippen LogP contribution in [0.2, 0.25) is 0 Å². The van der Waals surface area contributed by atoms with E-state index in [1.165, 1.54) is 24.8 Å². The maximum atomic E-state index is 5.72. The van der Waals surface area contributed by atoms with Crippen LogP contribution in [-0.4, -0.2) is 13.2 Å². The standard InChI is InChI=1S/C16H32O/c1-8-10-15(12(3)4)11-16(17-7)14(6)13(5)9-2/h9,12,14-16H,8,10-11H2,1-7H3. The molecule has 0 N–H and O–H groups in total. The van der Waals surface area contributed by atoms with Gasteiger partial charge in [-0.1, -0.05) is 52.2 Å². The highest BCUT2D eigenvalue weighted by Gasteiger charge is 2.23. The smallest absolute Gasteiger partial charge is 0.0636 e. The van der Waals surface area contributed by atoms with Crippen LogP contribution in [0.5, 0.6) is 0 Å². The Balaban J connectivity index is 4.55. The van der Waals surface area contributed by atoms with Crippen molar-refractivity contribution in [1.29, 1.82) is 0 Å². The zero-order valence-electron chi connectivity index (χ0n) is 12.9. The summed E-state index contributed by atoms with van der Waals surface area (Å²) in [6.45, 7) is 13.6. The van der Waals surface area contributed by atoms with Gasteiger partial charge in [0.05, 0.1) is 6.10 Å². The normalized spacial score (nSPS) is 18.2. The first-order valence-corrected chi connectivity index (χ1v) is 7.13. The van der Waals surface area contributed by atoms with E-state index in [2.05, 4.69) is 47.6 Å². The van der Waals surface area contributed by atoms with E-state index in [9.17, 15) is 0 Å². The van der Waals surface area contributed by atoms with Crippen LogP contribution in [0.3, 0.4) is 0 Å². The second-order valence-electron chi connectivity index (χ2n) is 5.62. The molecule has 3 atom stereocenters. The third-order valence-electron chi connectivity index (χ3n) is 4.17. The van der Waals surface area contributed by atoms with Crippen LogP contribution in [0, 0.1) is 17.8 Å². The Kier molecular flexibility index (Phi) is 8.59. The van der Waals surface area contributed by atoms with Crippen LogP contribution in [0.25, 0.3) is 0 Å². The van der Waals surface area contributed by atoms with Crippen molar-refractivity contribution in [2.75, 3.05) is 7.11 Å². The van der Waals surface area contributed by atoms with E-state index in [0.29, 0.717) is 12.0 Å². The maximum absolute atomic E-state index is 5.72. The lowest BCUT2D eigenvalue weighted by molar-refractivity contribution is 0.0417. The van der Waals surface area contributed by atoms with Crippen LogP contribution in [0.1, 0.15) is 60.8 Å². The third kappa shape index (κ3) is 5.72. The summed E-state index contributed by atoms with van der Waals surface area (Å²) in [5, 5.41) is 0. The molecule has 0 aromatic heterocycles. The number of allylic oxidation sites excluding steroid dienone is 1. The minimum Gasteiger partial charge on any atom is -0.381 e. The first kappa shape index (κ1) is 16.7. The molecular weight excluding hydrogens is 208 g/mol. The Morgan fingerprint density at radius 3 is 2.18 bits per heavy atom. The number of rotatable bonds is 8. The molecule has 1 heteroatoms. The average molecular weight is 240 g/mol. The lowest BCUT2D eigenvalue weighted by Gasteiger charge is -2.29. The molecule has 0 spiro atoms. The predicted octanol–water partition coefficient (Wildman–Crippen LogP) is 5.07. The van der Waals surface area contributed by atoms with Crippen molar-refractivity contribution in [3.8, 4) is 0 Å². The van der Waals surface area contributed by atoms with Crippen LogP contribution in [0.4, 0.5) is 0 Å². The molecule has 0 fully saturated rings. The van der Waals surface area contributed by atoms with Gasteiger partial charge in [0, 0.05) is 13.0 Å². The molecule has 0 saturated carbocycles. The number of hydrogen-bond acceptors (Lipinski definition) is 1. The van der Waals surface area contributed by atoms with Crippen molar-refractivity contribution in [1.82, 2.24) is 0 Å². The van der Waals surface area contributed by atoms with Gasteiger partial charge in [-0.15, -0.1) is 0 Å². The fourth-order valence-electron chi connectivity index (χ4n) is 2.45. The van der Waals surface area contributed by atoms with Crippen molar-refractivity contribution in [2.45, 2.75) is 66.9 Å². The molecule has 102 valence electrons. The first-order valence-electron chi connectivity index (χ1n) is 7.13. The van der Waals surface area contributed by atoms with Crippen LogP contribution >= 0.6 is 0 Å². The summed E-state index contributed by atoms with van der Waals surface area (Å²) >= 11 is 0. The zero-order chi connectivity index (χ0) is 13.4. The average Bonchev–Trinajstić information content (AvgIpc) is 2.32. The van der Waals surface area contributed by atoms with Crippen molar-refractivity contribution in [2.24, 2.45) is 17.8 Å². The number of ether oxygens (including phenoxy) is 1. The Morgan fingerprint density at radius 1 is 1.24 bits per heavy atom. The van der Waals surface area contributed by atoms with Crippen molar-refractivity contribution in [3.63, 3.8) is 0 Å². The summed E-state index contributed by atoms with van der Waals surface area (Å²) in [5.41, 5.74) is 1.44. The van der Waals surface area contributed by atoms with Gasteiger partial charge in [-0.25, -0.2) is 0 Å². The Labute approximate surface area is 109 Å². The van der Waals surface area contributed by atoms with Crippen molar-refractivity contribution >= 4 is 0 Å². The highest BCUT2D eigenvalue weighted by Crippen LogP contribution is 2.28. The molecule has 0 aromatic carbocycles. The van der Waals surface area contributed by atoms with Crippen molar-refractivity contribution < 1.29 is 4.74 Å². The Morgan fingerprint density at radius 2 is 1.82 bits per heavy atom. The van der Waals surface area contributed by atoms with E-state index in [4.69, 9.17) is 4.74 Å². The van der Waals surface area contributed by atoms with Gasteiger partial charge in [0.2, 0.25) is 0 Å². The molecule has 0 aromatic rings. The molecule has 0 aliphatic carbocycles. The Hall–Kier alpha value is -0.300. The summed E-state index contributed by atoms with van der Waals surface area (Å²) in [7, 11) is 1.85. The Bertz CT molecular complexity index is 218. The molecule has 0 amide bonds. The molecular formula is C16H32O. The second kappa shape index (κ2) is 8.74. The van der Waals surface area contributed by atoms with Crippen LogP contribution in [-0.2, 0) is 4.74 Å². The largest absolute Gasteiger partial charge is 0.381 e. The molecule has 0 rings (SSSR count). The quantitative estimate of drug-likeness (QED) is 0.538. The number of hydrogen-bond donors (Lipinski definition) is 0. The fraction of sp³-hybridized carbons (Fsp3) is 0.875. The van der Waals surface area contributed by atoms with Crippen LogP contribution in [0.15, 0.2) is 11.6 Å². The van der Waals surface area contributed by atoms with Gasteiger partial charge in [-0.05, 0) is 32.1 Å². The van der Waals surface area contributed by atoms with Gasteiger partial charge in [0.15, 0.2) is 0 Å². The molecule has 0 bridgehead atoms. The second-order valence-corrected chi connectivity index (χ2v) is 5.62. The summed E-state index contributed by atoms with van der Waals surface area (Å²) in [4.78, 5) is 0. The molecule has 0 aliphatic rings. The summed E-state index contributed by atoms with van der Waals surface area (Å²) in [5.74, 6) is 2.07. The highest BCUT2D eigenvalue weighted by molar-refractivity contribution is 5.03. The highest BCUT2D eigenvalue weighted by atomic mass is 16.5. The summed E-state index contributed by atoms with van der Waals surface area (Å²) in [6.07, 6.45) is 6.36. The van der Waals surface area contributed by atoms with Gasteiger partial charge in [0.25, 0.3) is 0 Å². The monoisotopic (exact) mass is 240 g/mol. The molecule has 0 aliphatic heterocycles. The lowest BCUT2D eigenvalue weighted by atomic mass is 9.82. The van der Waals surface area contributed by atoms with Gasteiger partial charge in [0.1, 0.15) is 0 Å². The molecule has 3 unspecified atom stereocenters. The van der Waals surface area contributed by atoms with E-state index in [1.807, 2.05) is 7.11 Å². The van der Waals surface area contributed by atoms with E-state index in [0.717, 1.165) is 11.8 Å². The SMILES string of the molecule is CC=C(C)C(C)C(CC(CCC)C(C)C)OC. The molecule has 0 radical (unpaired) electrons.